The minimum atomic E-state index is 0.386. The Morgan fingerprint density at radius 3 is 1.55 bits per heavy atom. The van der Waals surface area contributed by atoms with Crippen LogP contribution in [0, 0.1) is 0 Å². The predicted octanol–water partition coefficient (Wildman–Crippen LogP) is 12.5. The molecule has 0 spiro atoms. The normalized spacial score (nSPS) is 17.0. The van der Waals surface area contributed by atoms with Gasteiger partial charge in [0.15, 0.2) is 23.0 Å². The predicted molar refractivity (Wildman–Crippen MR) is 234 cm³/mol. The van der Waals surface area contributed by atoms with Gasteiger partial charge < -0.3 is 24.3 Å². The monoisotopic (exact) mass is 755 g/mol. The van der Waals surface area contributed by atoms with Crippen molar-refractivity contribution in [2.45, 2.75) is 144 Å². The lowest BCUT2D eigenvalue weighted by Gasteiger charge is -2.40. The van der Waals surface area contributed by atoms with Crippen molar-refractivity contribution in [2.75, 3.05) is 35.0 Å². The van der Waals surface area contributed by atoms with Crippen LogP contribution < -0.4 is 24.3 Å². The zero-order valence-corrected chi connectivity index (χ0v) is 36.2. The van der Waals surface area contributed by atoms with Crippen LogP contribution in [0.15, 0.2) is 94.6 Å². The molecule has 1 aliphatic rings. The van der Waals surface area contributed by atoms with Gasteiger partial charge in [0.2, 0.25) is 0 Å². The SMILES string of the molecule is COc1ccc(CN[C@@H]2CCCC[C@H]2N(CC=C(C)CCC=C(C)CCC=C(C)CCC=C(C)CCC=C(C)C)Cc2ccc(OC)c(OC)c2)cc1OC. The summed E-state index contributed by atoms with van der Waals surface area (Å²) >= 11 is 0. The van der Waals surface area contributed by atoms with Gasteiger partial charge in [-0.3, -0.25) is 4.90 Å². The second kappa shape index (κ2) is 25.4. The fourth-order valence-corrected chi connectivity index (χ4v) is 7.47. The van der Waals surface area contributed by atoms with Crippen molar-refractivity contribution in [3.8, 4) is 23.0 Å². The number of allylic oxidation sites excluding steroid dienone is 9. The minimum absolute atomic E-state index is 0.386. The smallest absolute Gasteiger partial charge is 0.161 e. The highest BCUT2D eigenvalue weighted by Gasteiger charge is 2.30. The lowest BCUT2D eigenvalue weighted by atomic mass is 9.88. The molecular weight excluding hydrogens is 681 g/mol. The maximum atomic E-state index is 5.69. The van der Waals surface area contributed by atoms with Crippen molar-refractivity contribution in [2.24, 2.45) is 0 Å². The van der Waals surface area contributed by atoms with Gasteiger partial charge >= 0.3 is 0 Å². The van der Waals surface area contributed by atoms with Gasteiger partial charge in [0.25, 0.3) is 0 Å². The van der Waals surface area contributed by atoms with E-state index in [0.29, 0.717) is 12.1 Å². The summed E-state index contributed by atoms with van der Waals surface area (Å²) in [5.74, 6) is 3.07. The van der Waals surface area contributed by atoms with E-state index in [-0.39, 0.29) is 0 Å². The number of nitrogens with zero attached hydrogens (tertiary/aromatic N) is 1. The molecule has 1 N–H and O–H groups in total. The second-order valence-electron chi connectivity index (χ2n) is 15.8. The van der Waals surface area contributed by atoms with Crippen LogP contribution in [0.3, 0.4) is 0 Å². The molecule has 0 heterocycles. The number of ether oxygens (including phenoxy) is 4. The standard InChI is InChI=1S/C49H74N2O4/c1-37(2)17-13-18-38(3)19-14-20-39(4)21-15-22-40(5)23-16-24-41(6)31-32-51(36-43-28-30-47(53-8)49(34-43)55-10)45-26-12-11-25-44(45)50-35-42-27-29-46(52-7)48(33-42)54-9/h17,19,21,23,27-31,33-34,44-45,50H,11-16,18,20,22,24-26,32,35-36H2,1-10H3/t44-,45-/m1/s1. The van der Waals surface area contributed by atoms with Crippen LogP contribution in [0.4, 0.5) is 0 Å². The average Bonchev–Trinajstić information content (AvgIpc) is 3.18. The van der Waals surface area contributed by atoms with Crippen molar-refractivity contribution in [3.05, 3.63) is 106 Å². The molecule has 0 aliphatic heterocycles. The molecule has 55 heavy (non-hydrogen) atoms. The van der Waals surface area contributed by atoms with Gasteiger partial charge in [-0.15, -0.1) is 0 Å². The molecule has 2 aromatic rings. The van der Waals surface area contributed by atoms with Crippen LogP contribution >= 0.6 is 0 Å². The van der Waals surface area contributed by atoms with Crippen LogP contribution in [0.5, 0.6) is 23.0 Å². The molecule has 0 aromatic heterocycles. The lowest BCUT2D eigenvalue weighted by molar-refractivity contribution is 0.126. The minimum Gasteiger partial charge on any atom is -0.493 e. The van der Waals surface area contributed by atoms with Crippen LogP contribution in [0.2, 0.25) is 0 Å². The molecule has 1 aliphatic carbocycles. The highest BCUT2D eigenvalue weighted by molar-refractivity contribution is 5.43. The summed E-state index contributed by atoms with van der Waals surface area (Å²) < 4.78 is 22.3. The first-order chi connectivity index (χ1) is 26.6. The van der Waals surface area contributed by atoms with Gasteiger partial charge in [-0.1, -0.05) is 83.2 Å². The van der Waals surface area contributed by atoms with Crippen molar-refractivity contribution in [1.82, 2.24) is 10.2 Å². The van der Waals surface area contributed by atoms with E-state index in [0.717, 1.165) is 94.0 Å². The summed E-state index contributed by atoms with van der Waals surface area (Å²) in [4.78, 5) is 2.67. The number of nitrogens with one attached hydrogen (secondary N) is 1. The average molecular weight is 755 g/mol. The highest BCUT2D eigenvalue weighted by atomic mass is 16.5. The molecule has 0 unspecified atom stereocenters. The molecule has 0 saturated heterocycles. The number of methoxy groups -OCH3 is 4. The number of hydrogen-bond donors (Lipinski definition) is 1. The Kier molecular flexibility index (Phi) is 21.1. The van der Waals surface area contributed by atoms with E-state index in [2.05, 4.69) is 106 Å². The molecule has 0 radical (unpaired) electrons. The van der Waals surface area contributed by atoms with Gasteiger partial charge in [0.05, 0.1) is 28.4 Å². The second-order valence-corrected chi connectivity index (χ2v) is 15.8. The molecule has 6 heteroatoms. The van der Waals surface area contributed by atoms with Crippen molar-refractivity contribution in [3.63, 3.8) is 0 Å². The maximum Gasteiger partial charge on any atom is 0.161 e. The summed E-state index contributed by atoms with van der Waals surface area (Å²) in [5.41, 5.74) is 9.81. The zero-order valence-electron chi connectivity index (χ0n) is 36.2. The molecule has 304 valence electrons. The number of rotatable bonds is 24. The third-order valence-corrected chi connectivity index (χ3v) is 10.9. The van der Waals surface area contributed by atoms with E-state index in [1.807, 2.05) is 12.1 Å². The fourth-order valence-electron chi connectivity index (χ4n) is 7.47. The van der Waals surface area contributed by atoms with E-state index in [4.69, 9.17) is 18.9 Å². The first kappa shape index (κ1) is 45.6. The first-order valence-electron chi connectivity index (χ1n) is 20.7. The van der Waals surface area contributed by atoms with E-state index in [1.165, 1.54) is 64.7 Å². The third kappa shape index (κ3) is 16.9. The Labute approximate surface area is 335 Å². The molecule has 0 bridgehead atoms. The van der Waals surface area contributed by atoms with Crippen LogP contribution in [0.25, 0.3) is 0 Å². The van der Waals surface area contributed by atoms with Crippen LogP contribution in [0.1, 0.15) is 130 Å². The molecule has 3 rings (SSSR count). The van der Waals surface area contributed by atoms with E-state index in [1.54, 1.807) is 28.4 Å². The van der Waals surface area contributed by atoms with Gasteiger partial charge in [-0.2, -0.15) is 0 Å². The zero-order chi connectivity index (χ0) is 40.0. The molecule has 1 saturated carbocycles. The lowest BCUT2D eigenvalue weighted by Crippen LogP contribution is -2.51. The summed E-state index contributed by atoms with van der Waals surface area (Å²) in [5, 5.41) is 3.95. The van der Waals surface area contributed by atoms with E-state index >= 15 is 0 Å². The Morgan fingerprint density at radius 1 is 0.582 bits per heavy atom. The van der Waals surface area contributed by atoms with Crippen molar-refractivity contribution in [1.29, 1.82) is 0 Å². The Morgan fingerprint density at radius 2 is 1.04 bits per heavy atom. The van der Waals surface area contributed by atoms with Crippen molar-refractivity contribution < 1.29 is 18.9 Å². The van der Waals surface area contributed by atoms with E-state index < -0.39 is 0 Å². The third-order valence-electron chi connectivity index (χ3n) is 10.9. The van der Waals surface area contributed by atoms with Crippen LogP contribution in [-0.2, 0) is 13.1 Å². The molecular formula is C49H74N2O4. The Balaban J connectivity index is 1.61. The maximum absolute atomic E-state index is 5.69. The number of benzene rings is 2. The van der Waals surface area contributed by atoms with Gasteiger partial charge in [0, 0.05) is 31.7 Å². The molecule has 1 fully saturated rings. The Hall–Kier alpha value is -3.74. The molecule has 2 atom stereocenters. The molecule has 6 nitrogen and oxygen atoms in total. The summed E-state index contributed by atoms with van der Waals surface area (Å²) in [7, 11) is 6.78. The summed E-state index contributed by atoms with van der Waals surface area (Å²) in [6.45, 7) is 16.1. The van der Waals surface area contributed by atoms with Gasteiger partial charge in [-0.05, 0) is 141 Å². The van der Waals surface area contributed by atoms with Crippen molar-refractivity contribution >= 4 is 0 Å². The first-order valence-corrected chi connectivity index (χ1v) is 20.7. The molecule has 2 aromatic carbocycles. The fraction of sp³-hybridized carbons (Fsp3) is 0.551. The van der Waals surface area contributed by atoms with Gasteiger partial charge in [-0.25, -0.2) is 0 Å². The Bertz CT molecular complexity index is 1600. The largest absolute Gasteiger partial charge is 0.493 e. The van der Waals surface area contributed by atoms with Crippen LogP contribution in [-0.4, -0.2) is 52.0 Å². The quantitative estimate of drug-likeness (QED) is 0.108. The summed E-state index contributed by atoms with van der Waals surface area (Å²) in [6, 6.07) is 13.3. The highest BCUT2D eigenvalue weighted by Crippen LogP contribution is 2.31. The number of hydrogen-bond acceptors (Lipinski definition) is 6. The summed E-state index contributed by atoms with van der Waals surface area (Å²) in [6.07, 6.45) is 26.0. The molecule has 0 amide bonds. The topological polar surface area (TPSA) is 52.2 Å². The van der Waals surface area contributed by atoms with Gasteiger partial charge in [0.1, 0.15) is 0 Å². The van der Waals surface area contributed by atoms with E-state index in [9.17, 15) is 0 Å².